The summed E-state index contributed by atoms with van der Waals surface area (Å²) in [6.07, 6.45) is -2.09. The van der Waals surface area contributed by atoms with Crippen LogP contribution in [0.25, 0.3) is 22.6 Å². The molecular formula is C24H19ClF3N5O. The molecule has 1 aliphatic rings. The van der Waals surface area contributed by atoms with Crippen molar-refractivity contribution in [1.29, 1.82) is 0 Å². The van der Waals surface area contributed by atoms with Crippen molar-refractivity contribution in [3.8, 4) is 22.6 Å². The molecule has 0 atom stereocenters. The van der Waals surface area contributed by atoms with Gasteiger partial charge in [0, 0.05) is 42.2 Å². The number of aromatic nitrogens is 4. The predicted octanol–water partition coefficient (Wildman–Crippen LogP) is 5.06. The summed E-state index contributed by atoms with van der Waals surface area (Å²) >= 11 is 5.99. The van der Waals surface area contributed by atoms with E-state index in [1.807, 2.05) is 24.3 Å². The Balaban J connectivity index is 1.35. The third-order valence-corrected chi connectivity index (χ3v) is 6.13. The van der Waals surface area contributed by atoms with Crippen LogP contribution in [0.2, 0.25) is 5.02 Å². The molecule has 6 nitrogen and oxygen atoms in total. The third kappa shape index (κ3) is 4.49. The number of alkyl halides is 3. The highest BCUT2D eigenvalue weighted by molar-refractivity contribution is 6.30. The second-order valence-corrected chi connectivity index (χ2v) is 8.59. The Hall–Kier alpha value is -3.43. The normalized spacial score (nSPS) is 14.2. The average molecular weight is 486 g/mol. The van der Waals surface area contributed by atoms with E-state index in [1.54, 1.807) is 6.20 Å². The zero-order chi connectivity index (χ0) is 23.9. The number of hydrogen-bond donors (Lipinski definition) is 2. The quantitative estimate of drug-likeness (QED) is 0.423. The van der Waals surface area contributed by atoms with E-state index in [-0.39, 0.29) is 11.4 Å². The van der Waals surface area contributed by atoms with E-state index in [4.69, 9.17) is 11.6 Å². The SMILES string of the molecule is O=c1[nH]c(-c2ccc(C(F)(F)F)cc2)nc2c1CN(Cc1cn[nH]c1-c1ccc(Cl)cc1)CC2. The fraction of sp³-hybridized carbons (Fsp3) is 0.208. The van der Waals surface area contributed by atoms with Gasteiger partial charge in [-0.2, -0.15) is 18.3 Å². The monoisotopic (exact) mass is 485 g/mol. The first kappa shape index (κ1) is 22.4. The molecule has 0 saturated heterocycles. The molecule has 0 fully saturated rings. The molecule has 0 spiro atoms. The lowest BCUT2D eigenvalue weighted by Crippen LogP contribution is -2.35. The summed E-state index contributed by atoms with van der Waals surface area (Å²) in [6, 6.07) is 12.1. The molecule has 34 heavy (non-hydrogen) atoms. The second kappa shape index (κ2) is 8.73. The molecule has 2 aromatic carbocycles. The van der Waals surface area contributed by atoms with Gasteiger partial charge in [-0.3, -0.25) is 14.8 Å². The lowest BCUT2D eigenvalue weighted by molar-refractivity contribution is -0.137. The van der Waals surface area contributed by atoms with Gasteiger partial charge in [-0.15, -0.1) is 0 Å². The van der Waals surface area contributed by atoms with Crippen LogP contribution in [0.4, 0.5) is 13.2 Å². The number of benzene rings is 2. The number of aromatic amines is 2. The first-order chi connectivity index (χ1) is 16.3. The summed E-state index contributed by atoms with van der Waals surface area (Å²) in [5.41, 5.74) is 3.50. The van der Waals surface area contributed by atoms with Crippen molar-refractivity contribution in [2.75, 3.05) is 6.54 Å². The van der Waals surface area contributed by atoms with Crippen LogP contribution in [0.15, 0.2) is 59.5 Å². The van der Waals surface area contributed by atoms with Crippen LogP contribution >= 0.6 is 11.6 Å². The van der Waals surface area contributed by atoms with E-state index in [0.29, 0.717) is 47.9 Å². The number of nitrogens with one attached hydrogen (secondary N) is 2. The molecule has 10 heteroatoms. The average Bonchev–Trinajstić information content (AvgIpc) is 3.27. The van der Waals surface area contributed by atoms with Crippen LogP contribution in [-0.4, -0.2) is 31.6 Å². The molecule has 0 radical (unpaired) electrons. The summed E-state index contributed by atoms with van der Waals surface area (Å²) in [6.45, 7) is 1.69. The Morgan fingerprint density at radius 2 is 1.74 bits per heavy atom. The third-order valence-electron chi connectivity index (χ3n) is 5.88. The van der Waals surface area contributed by atoms with E-state index in [0.717, 1.165) is 29.0 Å². The van der Waals surface area contributed by atoms with Crippen molar-refractivity contribution in [2.24, 2.45) is 0 Å². The Morgan fingerprint density at radius 3 is 2.44 bits per heavy atom. The van der Waals surface area contributed by atoms with Gasteiger partial charge in [-0.25, -0.2) is 4.98 Å². The van der Waals surface area contributed by atoms with Gasteiger partial charge in [0.2, 0.25) is 0 Å². The molecule has 0 bridgehead atoms. The number of fused-ring (bicyclic) bond motifs is 1. The Morgan fingerprint density at radius 1 is 1.03 bits per heavy atom. The lowest BCUT2D eigenvalue weighted by Gasteiger charge is -2.27. The molecule has 0 saturated carbocycles. The first-order valence-electron chi connectivity index (χ1n) is 10.6. The summed E-state index contributed by atoms with van der Waals surface area (Å²) in [5.74, 6) is 0.269. The highest BCUT2D eigenvalue weighted by Gasteiger charge is 2.30. The minimum absolute atomic E-state index is 0.269. The van der Waals surface area contributed by atoms with E-state index in [1.165, 1.54) is 12.1 Å². The number of hydrogen-bond acceptors (Lipinski definition) is 4. The van der Waals surface area contributed by atoms with Crippen LogP contribution in [-0.2, 0) is 25.7 Å². The van der Waals surface area contributed by atoms with Gasteiger partial charge in [-0.1, -0.05) is 35.9 Å². The second-order valence-electron chi connectivity index (χ2n) is 8.15. The van der Waals surface area contributed by atoms with Gasteiger partial charge in [0.25, 0.3) is 5.56 Å². The van der Waals surface area contributed by atoms with Crippen LogP contribution < -0.4 is 5.56 Å². The Kier molecular flexibility index (Phi) is 5.75. The van der Waals surface area contributed by atoms with Crippen molar-refractivity contribution in [1.82, 2.24) is 25.1 Å². The van der Waals surface area contributed by atoms with E-state index < -0.39 is 11.7 Å². The highest BCUT2D eigenvalue weighted by atomic mass is 35.5. The lowest BCUT2D eigenvalue weighted by atomic mass is 10.0. The molecular weight excluding hydrogens is 467 g/mol. The molecule has 5 rings (SSSR count). The standard InChI is InChI=1S/C24H19ClF3N5O/c25-18-7-3-14(4-8-18)21-16(11-29-32-21)12-33-10-9-20-19(13-33)23(34)31-22(30-20)15-1-5-17(6-2-15)24(26,27)28/h1-8,11H,9-10,12-13H2,(H,29,32)(H,30,31,34). The fourth-order valence-corrected chi connectivity index (χ4v) is 4.23. The fourth-order valence-electron chi connectivity index (χ4n) is 4.11. The molecule has 0 aliphatic carbocycles. The molecule has 3 heterocycles. The largest absolute Gasteiger partial charge is 0.416 e. The van der Waals surface area contributed by atoms with Crippen LogP contribution in [0.3, 0.4) is 0 Å². The van der Waals surface area contributed by atoms with Crippen molar-refractivity contribution < 1.29 is 13.2 Å². The minimum atomic E-state index is -4.42. The van der Waals surface area contributed by atoms with Crippen LogP contribution in [0, 0.1) is 0 Å². The smallest absolute Gasteiger partial charge is 0.306 e. The number of H-pyrrole nitrogens is 2. The summed E-state index contributed by atoms with van der Waals surface area (Å²) < 4.78 is 38.5. The summed E-state index contributed by atoms with van der Waals surface area (Å²) in [5, 5.41) is 7.86. The van der Waals surface area contributed by atoms with Gasteiger partial charge >= 0.3 is 6.18 Å². The van der Waals surface area contributed by atoms with Gasteiger partial charge in [0.05, 0.1) is 28.7 Å². The van der Waals surface area contributed by atoms with Crippen molar-refractivity contribution >= 4 is 11.6 Å². The first-order valence-corrected chi connectivity index (χ1v) is 11.0. The van der Waals surface area contributed by atoms with E-state index in [2.05, 4.69) is 25.1 Å². The molecule has 4 aromatic rings. The van der Waals surface area contributed by atoms with Gasteiger partial charge < -0.3 is 4.98 Å². The summed E-state index contributed by atoms with van der Waals surface area (Å²) in [7, 11) is 0. The Bertz CT molecular complexity index is 1380. The van der Waals surface area contributed by atoms with Crippen molar-refractivity contribution in [3.63, 3.8) is 0 Å². The van der Waals surface area contributed by atoms with Gasteiger partial charge in [-0.05, 0) is 29.8 Å². The maximum absolute atomic E-state index is 12.8. The van der Waals surface area contributed by atoms with Gasteiger partial charge in [0.15, 0.2) is 0 Å². The number of halogens is 4. The van der Waals surface area contributed by atoms with Crippen LogP contribution in [0.5, 0.6) is 0 Å². The number of nitrogens with zero attached hydrogens (tertiary/aromatic N) is 3. The van der Waals surface area contributed by atoms with Crippen molar-refractivity contribution in [3.05, 3.63) is 92.5 Å². The molecule has 0 amide bonds. The van der Waals surface area contributed by atoms with E-state index in [9.17, 15) is 18.0 Å². The topological polar surface area (TPSA) is 77.7 Å². The maximum atomic E-state index is 12.8. The summed E-state index contributed by atoms with van der Waals surface area (Å²) in [4.78, 5) is 22.2. The minimum Gasteiger partial charge on any atom is -0.306 e. The Labute approximate surface area is 197 Å². The van der Waals surface area contributed by atoms with Gasteiger partial charge in [0.1, 0.15) is 5.82 Å². The zero-order valence-corrected chi connectivity index (χ0v) is 18.5. The predicted molar refractivity (Wildman–Crippen MR) is 122 cm³/mol. The van der Waals surface area contributed by atoms with Crippen LogP contribution in [0.1, 0.15) is 22.4 Å². The van der Waals surface area contributed by atoms with E-state index >= 15 is 0 Å². The molecule has 2 aromatic heterocycles. The molecule has 1 aliphatic heterocycles. The highest BCUT2D eigenvalue weighted by Crippen LogP contribution is 2.31. The molecule has 174 valence electrons. The van der Waals surface area contributed by atoms with Crippen molar-refractivity contribution in [2.45, 2.75) is 25.7 Å². The zero-order valence-electron chi connectivity index (χ0n) is 17.8. The maximum Gasteiger partial charge on any atom is 0.416 e. The molecule has 2 N–H and O–H groups in total. The molecule has 0 unspecified atom stereocenters. The number of rotatable bonds is 4.